The number of rotatable bonds is 3. The number of benzene rings is 1. The number of ether oxygens (including phenoxy) is 1. The molecular formula is C8H7ClF3NO. The minimum atomic E-state index is -4.66. The van der Waals surface area contributed by atoms with E-state index < -0.39 is 6.36 Å². The number of hydrogen-bond acceptors (Lipinski definition) is 2. The quantitative estimate of drug-likeness (QED) is 0.799. The Morgan fingerprint density at radius 2 is 2.07 bits per heavy atom. The molecule has 0 unspecified atom stereocenters. The zero-order valence-corrected chi connectivity index (χ0v) is 7.69. The van der Waals surface area contributed by atoms with E-state index in [1.165, 1.54) is 18.2 Å². The van der Waals surface area contributed by atoms with Crippen LogP contribution in [0, 0.1) is 0 Å². The third-order valence-corrected chi connectivity index (χ3v) is 1.54. The molecule has 0 atom stereocenters. The smallest absolute Gasteiger partial charge is 0.406 e. The van der Waals surface area contributed by atoms with Gasteiger partial charge in [-0.1, -0.05) is 12.1 Å². The van der Waals surface area contributed by atoms with Crippen molar-refractivity contribution in [3.05, 3.63) is 29.8 Å². The molecule has 1 aromatic rings. The first-order valence-electron chi connectivity index (χ1n) is 3.69. The van der Waals surface area contributed by atoms with Crippen molar-refractivity contribution >= 4 is 11.8 Å². The third kappa shape index (κ3) is 3.85. The van der Waals surface area contributed by atoms with Gasteiger partial charge in [0.05, 0.1) is 0 Å². The fourth-order valence-corrected chi connectivity index (χ4v) is 1.08. The Hall–Kier alpha value is -0.940. The maximum atomic E-state index is 11.8. The summed E-state index contributed by atoms with van der Waals surface area (Å²) in [4.78, 5) is 2.31. The van der Waals surface area contributed by atoms with Gasteiger partial charge in [0.15, 0.2) is 0 Å². The average Bonchev–Trinajstić information content (AvgIpc) is 2.02. The number of halogens is 4. The van der Waals surface area contributed by atoms with Gasteiger partial charge in [-0.25, -0.2) is 4.84 Å². The molecule has 0 saturated carbocycles. The summed E-state index contributed by atoms with van der Waals surface area (Å²) in [7, 11) is 0. The molecule has 2 nitrogen and oxygen atoms in total. The van der Waals surface area contributed by atoms with E-state index in [4.69, 9.17) is 11.8 Å². The van der Waals surface area contributed by atoms with Crippen molar-refractivity contribution in [2.75, 3.05) is 0 Å². The summed E-state index contributed by atoms with van der Waals surface area (Å²) in [6.45, 7) is 0.274. The molecule has 0 aliphatic carbocycles. The van der Waals surface area contributed by atoms with Gasteiger partial charge in [0, 0.05) is 6.54 Å². The lowest BCUT2D eigenvalue weighted by Crippen LogP contribution is -2.17. The highest BCUT2D eigenvalue weighted by molar-refractivity contribution is 6.13. The molecule has 78 valence electrons. The Bertz CT molecular complexity index is 303. The molecule has 1 N–H and O–H groups in total. The molecule has 0 saturated heterocycles. The van der Waals surface area contributed by atoms with Gasteiger partial charge in [0.25, 0.3) is 0 Å². The van der Waals surface area contributed by atoms with Gasteiger partial charge in [-0.05, 0) is 29.5 Å². The van der Waals surface area contributed by atoms with Crippen LogP contribution in [-0.4, -0.2) is 6.36 Å². The molecule has 0 fully saturated rings. The van der Waals surface area contributed by atoms with E-state index in [1.807, 2.05) is 0 Å². The molecule has 0 aromatic heterocycles. The average molecular weight is 226 g/mol. The first-order chi connectivity index (χ1) is 6.51. The predicted octanol–water partition coefficient (Wildman–Crippen LogP) is 2.83. The molecule has 0 bridgehead atoms. The molecule has 1 rings (SSSR count). The Balaban J connectivity index is 2.73. The van der Waals surface area contributed by atoms with Gasteiger partial charge in [-0.3, -0.25) is 0 Å². The molecule has 0 spiro atoms. The highest BCUT2D eigenvalue weighted by Crippen LogP contribution is 2.23. The van der Waals surface area contributed by atoms with Crippen molar-refractivity contribution in [1.29, 1.82) is 0 Å². The molecule has 6 heteroatoms. The summed E-state index contributed by atoms with van der Waals surface area (Å²) in [6, 6.07) is 5.59. The van der Waals surface area contributed by atoms with E-state index in [0.717, 1.165) is 0 Å². The van der Waals surface area contributed by atoms with E-state index in [2.05, 4.69) is 9.57 Å². The zero-order valence-electron chi connectivity index (χ0n) is 6.94. The van der Waals surface area contributed by atoms with Crippen molar-refractivity contribution in [2.24, 2.45) is 0 Å². The number of alkyl halides is 3. The molecule has 1 aromatic carbocycles. The van der Waals surface area contributed by atoms with Gasteiger partial charge in [-0.15, -0.1) is 13.2 Å². The van der Waals surface area contributed by atoms with Crippen LogP contribution in [0.25, 0.3) is 0 Å². The summed E-state index contributed by atoms with van der Waals surface area (Å²) >= 11 is 5.21. The van der Waals surface area contributed by atoms with Crippen LogP contribution in [0.4, 0.5) is 13.2 Å². The first kappa shape index (κ1) is 11.1. The van der Waals surface area contributed by atoms with E-state index in [9.17, 15) is 13.2 Å². The Morgan fingerprint density at radius 1 is 1.36 bits per heavy atom. The van der Waals surface area contributed by atoms with Crippen molar-refractivity contribution in [3.63, 3.8) is 0 Å². The van der Waals surface area contributed by atoms with Gasteiger partial charge < -0.3 is 4.74 Å². The Kier molecular flexibility index (Phi) is 3.60. The normalized spacial score (nSPS) is 11.4. The molecule has 0 radical (unpaired) electrons. The second-order valence-corrected chi connectivity index (χ2v) is 2.77. The fraction of sp³-hybridized carbons (Fsp3) is 0.250. The van der Waals surface area contributed by atoms with E-state index in [0.29, 0.717) is 5.56 Å². The van der Waals surface area contributed by atoms with Crippen LogP contribution >= 0.6 is 11.8 Å². The van der Waals surface area contributed by atoms with Gasteiger partial charge in [0.1, 0.15) is 5.75 Å². The van der Waals surface area contributed by atoms with Crippen LogP contribution < -0.4 is 9.57 Å². The Morgan fingerprint density at radius 3 is 2.64 bits per heavy atom. The minimum Gasteiger partial charge on any atom is -0.406 e. The van der Waals surface area contributed by atoms with E-state index in [-0.39, 0.29) is 12.3 Å². The molecular weight excluding hydrogens is 219 g/mol. The van der Waals surface area contributed by atoms with Crippen molar-refractivity contribution in [3.8, 4) is 5.75 Å². The fourth-order valence-electron chi connectivity index (χ4n) is 0.930. The maximum absolute atomic E-state index is 11.8. The number of nitrogens with one attached hydrogen (secondary N) is 1. The Labute approximate surface area is 83.7 Å². The standard InChI is InChI=1S/C8H7ClF3NO/c9-13-5-6-2-1-3-7(4-6)14-8(10,11)12/h1-4,13H,5H2. The lowest BCUT2D eigenvalue weighted by atomic mass is 10.2. The van der Waals surface area contributed by atoms with Crippen LogP contribution in [0.15, 0.2) is 24.3 Å². The topological polar surface area (TPSA) is 21.3 Å². The van der Waals surface area contributed by atoms with Crippen LogP contribution in [0.5, 0.6) is 5.75 Å². The summed E-state index contributed by atoms with van der Waals surface area (Å²) in [6.07, 6.45) is -4.66. The molecule has 0 heterocycles. The van der Waals surface area contributed by atoms with Gasteiger partial charge in [-0.2, -0.15) is 0 Å². The number of hydrogen-bond donors (Lipinski definition) is 1. The minimum absolute atomic E-state index is 0.248. The SMILES string of the molecule is FC(F)(F)Oc1cccc(CNCl)c1. The first-order valence-corrected chi connectivity index (χ1v) is 4.07. The van der Waals surface area contributed by atoms with Crippen molar-refractivity contribution in [2.45, 2.75) is 12.9 Å². The highest BCUT2D eigenvalue weighted by atomic mass is 35.5. The summed E-state index contributed by atoms with van der Waals surface area (Å²) < 4.78 is 39.1. The lowest BCUT2D eigenvalue weighted by Gasteiger charge is -2.09. The highest BCUT2D eigenvalue weighted by Gasteiger charge is 2.30. The van der Waals surface area contributed by atoms with E-state index >= 15 is 0 Å². The van der Waals surface area contributed by atoms with Crippen LogP contribution in [-0.2, 0) is 6.54 Å². The molecule has 0 amide bonds. The maximum Gasteiger partial charge on any atom is 0.573 e. The third-order valence-electron chi connectivity index (χ3n) is 1.40. The summed E-state index contributed by atoms with van der Waals surface area (Å²) in [5, 5.41) is 0. The van der Waals surface area contributed by atoms with Crippen molar-refractivity contribution < 1.29 is 17.9 Å². The zero-order chi connectivity index (χ0) is 10.6. The second kappa shape index (κ2) is 4.52. The summed E-state index contributed by atoms with van der Waals surface area (Å²) in [5.41, 5.74) is 0.613. The molecule has 0 aliphatic heterocycles. The van der Waals surface area contributed by atoms with Crippen molar-refractivity contribution in [1.82, 2.24) is 4.84 Å². The predicted molar refractivity (Wildman–Crippen MR) is 45.8 cm³/mol. The molecule has 14 heavy (non-hydrogen) atoms. The van der Waals surface area contributed by atoms with Crippen LogP contribution in [0.1, 0.15) is 5.56 Å². The van der Waals surface area contributed by atoms with Crippen LogP contribution in [0.2, 0.25) is 0 Å². The summed E-state index contributed by atoms with van der Waals surface area (Å²) in [5.74, 6) is -0.248. The largest absolute Gasteiger partial charge is 0.573 e. The van der Waals surface area contributed by atoms with E-state index in [1.54, 1.807) is 6.07 Å². The van der Waals surface area contributed by atoms with Crippen LogP contribution in [0.3, 0.4) is 0 Å². The molecule has 0 aliphatic rings. The van der Waals surface area contributed by atoms with Gasteiger partial charge >= 0.3 is 6.36 Å². The second-order valence-electron chi connectivity index (χ2n) is 2.51. The lowest BCUT2D eigenvalue weighted by molar-refractivity contribution is -0.274. The van der Waals surface area contributed by atoms with Gasteiger partial charge in [0.2, 0.25) is 0 Å². The monoisotopic (exact) mass is 225 g/mol.